The molecule has 0 aliphatic heterocycles. The lowest BCUT2D eigenvalue weighted by atomic mass is 10.0. The molecule has 0 spiro atoms. The second kappa shape index (κ2) is 15.2. The van der Waals surface area contributed by atoms with Gasteiger partial charge in [0, 0.05) is 39.2 Å². The molecule has 6 aromatic rings. The minimum absolute atomic E-state index is 0.0364. The van der Waals surface area contributed by atoms with E-state index in [0.29, 0.717) is 27.6 Å². The molecule has 3 N–H and O–H groups in total. The van der Waals surface area contributed by atoms with Crippen LogP contribution < -0.4 is 16.0 Å². The van der Waals surface area contributed by atoms with Crippen LogP contribution in [0.2, 0.25) is 0 Å². The number of thiazole rings is 1. The summed E-state index contributed by atoms with van der Waals surface area (Å²) in [7, 11) is 0. The van der Waals surface area contributed by atoms with E-state index in [4.69, 9.17) is 0 Å². The third kappa shape index (κ3) is 8.44. The molecule has 3 amide bonds. The maximum atomic E-state index is 13.5. The van der Waals surface area contributed by atoms with Crippen molar-refractivity contribution in [3.63, 3.8) is 0 Å². The van der Waals surface area contributed by atoms with Crippen LogP contribution in [0.3, 0.4) is 0 Å². The highest BCUT2D eigenvalue weighted by Crippen LogP contribution is 2.28. The number of nitrogens with zero attached hydrogens (tertiary/aromatic N) is 2. The van der Waals surface area contributed by atoms with Gasteiger partial charge in [0.1, 0.15) is 5.70 Å². The third-order valence-corrected chi connectivity index (χ3v) is 9.01. The Labute approximate surface area is 289 Å². The largest absolute Gasteiger partial charge is 0.321 e. The number of fused-ring (bicyclic) bond motifs is 1. The van der Waals surface area contributed by atoms with E-state index in [1.54, 1.807) is 72.1 Å². The van der Waals surface area contributed by atoms with Crippen molar-refractivity contribution in [1.29, 1.82) is 0 Å². The van der Waals surface area contributed by atoms with Crippen LogP contribution in [0.25, 0.3) is 28.1 Å². The molecule has 5 aromatic carbocycles. The quantitative estimate of drug-likeness (QED) is 0.0543. The molecule has 242 valence electrons. The Kier molecular flexibility index (Phi) is 10.2. The molecule has 0 aliphatic rings. The Balaban J connectivity index is 1.09. The van der Waals surface area contributed by atoms with E-state index in [9.17, 15) is 24.5 Å². The minimum atomic E-state index is -0.495. The first kappa shape index (κ1) is 32.8. The van der Waals surface area contributed by atoms with Crippen molar-refractivity contribution in [2.45, 2.75) is 4.90 Å². The number of hydrogen-bond acceptors (Lipinski definition) is 8. The second-order valence-electron chi connectivity index (χ2n) is 10.6. The van der Waals surface area contributed by atoms with Gasteiger partial charge in [0.15, 0.2) is 5.13 Å². The molecule has 6 rings (SSSR count). The highest BCUT2D eigenvalue weighted by atomic mass is 32.2. The summed E-state index contributed by atoms with van der Waals surface area (Å²) in [5.74, 6) is -1.06. The van der Waals surface area contributed by atoms with E-state index < -0.39 is 16.7 Å². The fourth-order valence-electron chi connectivity index (χ4n) is 4.85. The first-order valence-electron chi connectivity index (χ1n) is 14.9. The molecule has 0 unspecified atom stereocenters. The molecular formula is C37H27N5O5S2. The van der Waals surface area contributed by atoms with Crippen molar-refractivity contribution in [2.24, 2.45) is 0 Å². The molecule has 0 saturated carbocycles. The summed E-state index contributed by atoms with van der Waals surface area (Å²) in [5, 5.41) is 23.5. The van der Waals surface area contributed by atoms with Crippen molar-refractivity contribution >= 4 is 74.2 Å². The van der Waals surface area contributed by atoms with E-state index >= 15 is 0 Å². The zero-order valence-electron chi connectivity index (χ0n) is 25.7. The average Bonchev–Trinajstić information content (AvgIpc) is 3.60. The monoisotopic (exact) mass is 685 g/mol. The predicted molar refractivity (Wildman–Crippen MR) is 194 cm³/mol. The van der Waals surface area contributed by atoms with Gasteiger partial charge in [0.05, 0.1) is 16.4 Å². The smallest absolute Gasteiger partial charge is 0.272 e. The number of benzene rings is 5. The van der Waals surface area contributed by atoms with E-state index in [1.165, 1.54) is 35.2 Å². The standard InChI is InChI=1S/C37H27N5O5S2/c43-34(41-37-40-33(22-49-37)27-13-7-14-29(20-27)42(46)47)23-48-30-18-16-28(17-19-30)38-36(45)32(39-35(44)25-9-2-1-3-10-25)21-26-12-6-11-24-8-4-5-15-31(24)26/h1-22H,23H2,(H,38,45)(H,39,44)(H,40,41,43)/b32-21-. The summed E-state index contributed by atoms with van der Waals surface area (Å²) in [5.41, 5.74) is 2.86. The zero-order chi connectivity index (χ0) is 34.2. The molecule has 0 atom stereocenters. The van der Waals surface area contributed by atoms with Crippen molar-refractivity contribution < 1.29 is 19.3 Å². The number of non-ortho nitro benzene ring substituents is 1. The summed E-state index contributed by atoms with van der Waals surface area (Å²) in [6.07, 6.45) is 1.66. The number of nitro benzene ring substituents is 1. The Hall–Kier alpha value is -6.11. The number of hydrogen-bond donors (Lipinski definition) is 3. The van der Waals surface area contributed by atoms with Crippen molar-refractivity contribution in [2.75, 3.05) is 16.4 Å². The lowest BCUT2D eigenvalue weighted by Gasteiger charge is -2.12. The Morgan fingerprint density at radius 2 is 1.57 bits per heavy atom. The summed E-state index contributed by atoms with van der Waals surface area (Å²) in [6, 6.07) is 35.4. The lowest BCUT2D eigenvalue weighted by molar-refractivity contribution is -0.384. The molecule has 12 heteroatoms. The zero-order valence-corrected chi connectivity index (χ0v) is 27.3. The van der Waals surface area contributed by atoms with Gasteiger partial charge in [-0.2, -0.15) is 0 Å². The van der Waals surface area contributed by atoms with Gasteiger partial charge < -0.3 is 16.0 Å². The van der Waals surface area contributed by atoms with Gasteiger partial charge in [-0.05, 0) is 58.8 Å². The van der Waals surface area contributed by atoms with Gasteiger partial charge in [-0.1, -0.05) is 72.8 Å². The van der Waals surface area contributed by atoms with Gasteiger partial charge >= 0.3 is 0 Å². The highest BCUT2D eigenvalue weighted by molar-refractivity contribution is 8.00. The average molecular weight is 686 g/mol. The number of carbonyl (C=O) groups is 3. The number of nitro groups is 1. The first-order chi connectivity index (χ1) is 23.8. The number of nitrogens with one attached hydrogen (secondary N) is 3. The number of amides is 3. The van der Waals surface area contributed by atoms with Gasteiger partial charge in [0.25, 0.3) is 17.5 Å². The van der Waals surface area contributed by atoms with E-state index in [0.717, 1.165) is 21.2 Å². The van der Waals surface area contributed by atoms with Crippen LogP contribution in [0, 0.1) is 10.1 Å². The normalized spacial score (nSPS) is 11.1. The van der Waals surface area contributed by atoms with Crippen LogP contribution in [0.15, 0.2) is 137 Å². The fraction of sp³-hybridized carbons (Fsp3) is 0.0270. The molecule has 0 aliphatic carbocycles. The van der Waals surface area contributed by atoms with E-state index in [1.807, 2.05) is 48.5 Å². The SMILES string of the molecule is O=C(CSc1ccc(NC(=O)/C(=C/c2cccc3ccccc23)NC(=O)c2ccccc2)cc1)Nc1nc(-c2cccc([N+](=O)[O-])c2)cs1. The van der Waals surface area contributed by atoms with Crippen LogP contribution >= 0.6 is 23.1 Å². The molecule has 49 heavy (non-hydrogen) atoms. The van der Waals surface area contributed by atoms with Crippen LogP contribution in [-0.2, 0) is 9.59 Å². The minimum Gasteiger partial charge on any atom is -0.321 e. The number of thioether (sulfide) groups is 1. The topological polar surface area (TPSA) is 143 Å². The van der Waals surface area contributed by atoms with Gasteiger partial charge in [-0.3, -0.25) is 24.5 Å². The van der Waals surface area contributed by atoms with Crippen LogP contribution in [0.4, 0.5) is 16.5 Å². The van der Waals surface area contributed by atoms with E-state index in [2.05, 4.69) is 20.9 Å². The van der Waals surface area contributed by atoms with Crippen molar-refractivity contribution in [3.05, 3.63) is 154 Å². The molecule has 0 saturated heterocycles. The highest BCUT2D eigenvalue weighted by Gasteiger charge is 2.16. The molecule has 0 radical (unpaired) electrons. The summed E-state index contributed by atoms with van der Waals surface area (Å²) in [4.78, 5) is 55.0. The third-order valence-electron chi connectivity index (χ3n) is 7.24. The number of anilines is 2. The Morgan fingerprint density at radius 1 is 0.837 bits per heavy atom. The summed E-state index contributed by atoms with van der Waals surface area (Å²) >= 11 is 2.54. The van der Waals surface area contributed by atoms with Crippen LogP contribution in [-0.4, -0.2) is 33.4 Å². The fourth-order valence-corrected chi connectivity index (χ4v) is 6.29. The van der Waals surface area contributed by atoms with Gasteiger partial charge in [-0.15, -0.1) is 23.1 Å². The van der Waals surface area contributed by atoms with E-state index in [-0.39, 0.29) is 23.0 Å². The summed E-state index contributed by atoms with van der Waals surface area (Å²) in [6.45, 7) is 0. The second-order valence-corrected chi connectivity index (χ2v) is 12.5. The lowest BCUT2D eigenvalue weighted by Crippen LogP contribution is -2.30. The first-order valence-corrected chi connectivity index (χ1v) is 16.8. The molecule has 10 nitrogen and oxygen atoms in total. The molecule has 1 aromatic heterocycles. The summed E-state index contributed by atoms with van der Waals surface area (Å²) < 4.78 is 0. The molecule has 1 heterocycles. The van der Waals surface area contributed by atoms with Gasteiger partial charge in [0.2, 0.25) is 5.91 Å². The molecular weight excluding hydrogens is 659 g/mol. The Bertz CT molecular complexity index is 2200. The maximum absolute atomic E-state index is 13.5. The Morgan fingerprint density at radius 3 is 2.37 bits per heavy atom. The van der Waals surface area contributed by atoms with Gasteiger partial charge in [-0.25, -0.2) is 4.98 Å². The van der Waals surface area contributed by atoms with Crippen LogP contribution in [0.1, 0.15) is 15.9 Å². The number of aromatic nitrogens is 1. The number of carbonyl (C=O) groups excluding carboxylic acids is 3. The number of rotatable bonds is 11. The van der Waals surface area contributed by atoms with Crippen molar-refractivity contribution in [3.8, 4) is 11.3 Å². The molecule has 0 fully saturated rings. The molecule has 0 bridgehead atoms. The maximum Gasteiger partial charge on any atom is 0.272 e. The predicted octanol–water partition coefficient (Wildman–Crippen LogP) is 8.01. The van der Waals surface area contributed by atoms with Crippen molar-refractivity contribution in [1.82, 2.24) is 10.3 Å². The van der Waals surface area contributed by atoms with Crippen LogP contribution in [0.5, 0.6) is 0 Å².